The van der Waals surface area contributed by atoms with Crippen LogP contribution in [0.5, 0.6) is 5.75 Å². The van der Waals surface area contributed by atoms with E-state index in [9.17, 15) is 0 Å². The number of amidine groups is 1. The van der Waals surface area contributed by atoms with Crippen LogP contribution in [0.3, 0.4) is 0 Å². The Kier molecular flexibility index (Phi) is 6.31. The number of nitrogens with zero attached hydrogens (tertiary/aromatic N) is 1. The van der Waals surface area contributed by atoms with Crippen LogP contribution in [0.4, 0.5) is 0 Å². The van der Waals surface area contributed by atoms with Crippen LogP contribution >= 0.6 is 15.9 Å². The third kappa shape index (κ3) is 4.84. The first-order valence-electron chi connectivity index (χ1n) is 6.36. The highest BCUT2D eigenvalue weighted by Crippen LogP contribution is 2.24. The molecule has 0 saturated carbocycles. The third-order valence-electron chi connectivity index (χ3n) is 3.16. The molecule has 1 atom stereocenters. The first-order valence-corrected chi connectivity index (χ1v) is 7.15. The summed E-state index contributed by atoms with van der Waals surface area (Å²) in [5, 5.41) is 7.48. The molecular formula is C14H22BrN3O. The van der Waals surface area contributed by atoms with Crippen LogP contribution in [-0.2, 0) is 6.54 Å². The predicted octanol–water partition coefficient (Wildman–Crippen LogP) is 2.85. The van der Waals surface area contributed by atoms with Crippen molar-refractivity contribution in [1.82, 2.24) is 4.90 Å². The lowest BCUT2D eigenvalue weighted by atomic mass is 10.1. The normalized spacial score (nSPS) is 12.5. The highest BCUT2D eigenvalue weighted by Gasteiger charge is 2.13. The zero-order valence-electron chi connectivity index (χ0n) is 11.7. The average molecular weight is 328 g/mol. The fraction of sp³-hybridized carbons (Fsp3) is 0.500. The average Bonchev–Trinajstić information content (AvgIpc) is 2.39. The smallest absolute Gasteiger partial charge is 0.119 e. The zero-order valence-corrected chi connectivity index (χ0v) is 13.3. The second-order valence-electron chi connectivity index (χ2n) is 4.64. The Morgan fingerprint density at radius 3 is 2.74 bits per heavy atom. The second-order valence-corrected chi connectivity index (χ2v) is 5.50. The lowest BCUT2D eigenvalue weighted by Crippen LogP contribution is -2.34. The minimum atomic E-state index is 0.0735. The molecule has 0 aliphatic rings. The Bertz CT molecular complexity index is 437. The number of rotatable bonds is 7. The number of methoxy groups -OCH3 is 1. The number of nitrogens with two attached hydrogens (primary N) is 1. The maximum absolute atomic E-state index is 7.48. The lowest BCUT2D eigenvalue weighted by molar-refractivity contribution is 0.262. The van der Waals surface area contributed by atoms with Crippen LogP contribution in [-0.4, -0.2) is 30.9 Å². The highest BCUT2D eigenvalue weighted by molar-refractivity contribution is 9.10. The molecule has 1 rings (SSSR count). The van der Waals surface area contributed by atoms with Gasteiger partial charge in [0.05, 0.1) is 12.9 Å². The van der Waals surface area contributed by atoms with E-state index in [4.69, 9.17) is 15.9 Å². The quantitative estimate of drug-likeness (QED) is 0.598. The molecule has 0 fully saturated rings. The van der Waals surface area contributed by atoms with Crippen molar-refractivity contribution in [2.24, 2.45) is 11.7 Å². The standard InChI is InChI=1S/C14H22BrN3O/c1-4-18(8-10(2)14(16)17)9-11-7-12(19-3)5-6-13(11)15/h5-7,10H,4,8-9H2,1-3H3,(H3,16,17). The van der Waals surface area contributed by atoms with Gasteiger partial charge in [0.25, 0.3) is 0 Å². The Labute approximate surface area is 123 Å². The van der Waals surface area contributed by atoms with Crippen molar-refractivity contribution in [3.05, 3.63) is 28.2 Å². The molecule has 1 aromatic carbocycles. The van der Waals surface area contributed by atoms with E-state index < -0.39 is 0 Å². The van der Waals surface area contributed by atoms with Crippen molar-refractivity contribution in [3.8, 4) is 5.75 Å². The van der Waals surface area contributed by atoms with E-state index in [1.807, 2.05) is 25.1 Å². The predicted molar refractivity (Wildman–Crippen MR) is 82.7 cm³/mol. The summed E-state index contributed by atoms with van der Waals surface area (Å²) in [6, 6.07) is 5.96. The number of hydrogen-bond donors (Lipinski definition) is 2. The van der Waals surface area contributed by atoms with E-state index in [1.165, 1.54) is 5.56 Å². The minimum Gasteiger partial charge on any atom is -0.497 e. The van der Waals surface area contributed by atoms with Crippen LogP contribution in [0, 0.1) is 11.3 Å². The van der Waals surface area contributed by atoms with Gasteiger partial charge in [-0.05, 0) is 30.3 Å². The van der Waals surface area contributed by atoms with Crippen LogP contribution in [0.15, 0.2) is 22.7 Å². The molecule has 0 aliphatic carbocycles. The molecule has 4 nitrogen and oxygen atoms in total. The largest absolute Gasteiger partial charge is 0.497 e. The molecule has 1 aromatic rings. The molecule has 3 N–H and O–H groups in total. The lowest BCUT2D eigenvalue weighted by Gasteiger charge is -2.24. The molecule has 0 amide bonds. The maximum atomic E-state index is 7.48. The van der Waals surface area contributed by atoms with Gasteiger partial charge in [-0.2, -0.15) is 0 Å². The fourth-order valence-corrected chi connectivity index (χ4v) is 2.20. The van der Waals surface area contributed by atoms with Crippen molar-refractivity contribution in [3.63, 3.8) is 0 Å². The van der Waals surface area contributed by atoms with Gasteiger partial charge in [-0.1, -0.05) is 29.8 Å². The summed E-state index contributed by atoms with van der Waals surface area (Å²) in [4.78, 5) is 2.27. The van der Waals surface area contributed by atoms with E-state index in [1.54, 1.807) is 7.11 Å². The molecule has 0 radical (unpaired) electrons. The van der Waals surface area contributed by atoms with Gasteiger partial charge in [-0.15, -0.1) is 0 Å². The van der Waals surface area contributed by atoms with E-state index in [-0.39, 0.29) is 11.8 Å². The summed E-state index contributed by atoms with van der Waals surface area (Å²) in [5.41, 5.74) is 6.71. The van der Waals surface area contributed by atoms with E-state index in [2.05, 4.69) is 27.8 Å². The number of halogens is 1. The van der Waals surface area contributed by atoms with E-state index in [0.717, 1.165) is 29.9 Å². The molecule has 1 unspecified atom stereocenters. The SMILES string of the molecule is CCN(Cc1cc(OC)ccc1Br)CC(C)C(=N)N. The fourth-order valence-electron chi connectivity index (χ4n) is 1.83. The number of benzene rings is 1. The number of hydrogen-bond acceptors (Lipinski definition) is 3. The highest BCUT2D eigenvalue weighted by atomic mass is 79.9. The Morgan fingerprint density at radius 1 is 1.53 bits per heavy atom. The monoisotopic (exact) mass is 327 g/mol. The van der Waals surface area contributed by atoms with Crippen LogP contribution in [0.2, 0.25) is 0 Å². The minimum absolute atomic E-state index is 0.0735. The molecule has 0 heterocycles. The van der Waals surface area contributed by atoms with Crippen molar-refractivity contribution in [2.75, 3.05) is 20.2 Å². The number of ether oxygens (including phenoxy) is 1. The summed E-state index contributed by atoms with van der Waals surface area (Å²) in [5.74, 6) is 1.17. The van der Waals surface area contributed by atoms with Gasteiger partial charge in [0.2, 0.25) is 0 Å². The van der Waals surface area contributed by atoms with Gasteiger partial charge < -0.3 is 10.5 Å². The Hall–Kier alpha value is -1.07. The van der Waals surface area contributed by atoms with Gasteiger partial charge in [-0.3, -0.25) is 10.3 Å². The number of nitrogens with one attached hydrogen (secondary N) is 1. The molecule has 0 spiro atoms. The summed E-state index contributed by atoms with van der Waals surface area (Å²) in [6.07, 6.45) is 0. The van der Waals surface area contributed by atoms with Gasteiger partial charge in [0.1, 0.15) is 5.75 Å². The summed E-state index contributed by atoms with van der Waals surface area (Å²) >= 11 is 3.56. The summed E-state index contributed by atoms with van der Waals surface area (Å²) in [7, 11) is 1.67. The summed E-state index contributed by atoms with van der Waals surface area (Å²) in [6.45, 7) is 6.61. The van der Waals surface area contributed by atoms with E-state index >= 15 is 0 Å². The topological polar surface area (TPSA) is 62.3 Å². The van der Waals surface area contributed by atoms with E-state index in [0.29, 0.717) is 0 Å². The van der Waals surface area contributed by atoms with Gasteiger partial charge in [0.15, 0.2) is 0 Å². The first-order chi connectivity index (χ1) is 8.97. The Balaban J connectivity index is 2.77. The zero-order chi connectivity index (χ0) is 14.4. The molecule has 0 bridgehead atoms. The van der Waals surface area contributed by atoms with Crippen molar-refractivity contribution >= 4 is 21.8 Å². The molecule has 0 aromatic heterocycles. The van der Waals surface area contributed by atoms with Crippen LogP contribution in [0.1, 0.15) is 19.4 Å². The molecule has 19 heavy (non-hydrogen) atoms. The molecular weight excluding hydrogens is 306 g/mol. The van der Waals surface area contributed by atoms with Crippen LogP contribution in [0.25, 0.3) is 0 Å². The second kappa shape index (κ2) is 7.50. The Morgan fingerprint density at radius 2 is 2.21 bits per heavy atom. The maximum Gasteiger partial charge on any atom is 0.119 e. The van der Waals surface area contributed by atoms with Crippen molar-refractivity contribution in [1.29, 1.82) is 5.41 Å². The molecule has 5 heteroatoms. The van der Waals surface area contributed by atoms with Crippen molar-refractivity contribution < 1.29 is 4.74 Å². The van der Waals surface area contributed by atoms with Gasteiger partial charge in [0, 0.05) is 23.5 Å². The van der Waals surface area contributed by atoms with Gasteiger partial charge in [-0.25, -0.2) is 0 Å². The van der Waals surface area contributed by atoms with Crippen LogP contribution < -0.4 is 10.5 Å². The first kappa shape index (κ1) is 16.0. The molecule has 106 valence electrons. The summed E-state index contributed by atoms with van der Waals surface area (Å²) < 4.78 is 6.32. The molecule has 0 saturated heterocycles. The third-order valence-corrected chi connectivity index (χ3v) is 3.93. The molecule has 0 aliphatic heterocycles. The van der Waals surface area contributed by atoms with Gasteiger partial charge >= 0.3 is 0 Å². The van der Waals surface area contributed by atoms with Crippen molar-refractivity contribution in [2.45, 2.75) is 20.4 Å².